The van der Waals surface area contributed by atoms with Gasteiger partial charge in [-0.15, -0.1) is 11.3 Å². The number of anilines is 1. The number of para-hydroxylation sites is 1. The fourth-order valence-electron chi connectivity index (χ4n) is 1.63. The number of thiophene rings is 1. The Hall–Kier alpha value is -2.05. The zero-order chi connectivity index (χ0) is 15.4. The van der Waals surface area contributed by atoms with Crippen molar-refractivity contribution in [2.24, 2.45) is 0 Å². The summed E-state index contributed by atoms with van der Waals surface area (Å²) in [6, 6.07) is 8.45. The number of amides is 1. The Morgan fingerprint density at radius 2 is 2.10 bits per heavy atom. The Bertz CT molecular complexity index is 683. The molecule has 0 aliphatic heterocycles. The number of aromatic carboxylic acids is 1. The van der Waals surface area contributed by atoms with Crippen LogP contribution in [0, 0.1) is 6.92 Å². The van der Waals surface area contributed by atoms with Gasteiger partial charge >= 0.3 is 5.97 Å². The number of rotatable bonds is 5. The summed E-state index contributed by atoms with van der Waals surface area (Å²) in [7, 11) is 0. The van der Waals surface area contributed by atoms with Crippen LogP contribution in [0.1, 0.15) is 15.2 Å². The number of carboxylic acids is 1. The maximum Gasteiger partial charge on any atom is 0.346 e. The summed E-state index contributed by atoms with van der Waals surface area (Å²) in [4.78, 5) is 22.9. The molecule has 0 fully saturated rings. The number of aryl methyl sites for hydroxylation is 1. The van der Waals surface area contributed by atoms with Crippen molar-refractivity contribution < 1.29 is 19.4 Å². The van der Waals surface area contributed by atoms with E-state index in [1.807, 2.05) is 0 Å². The first-order valence-electron chi connectivity index (χ1n) is 5.98. The maximum atomic E-state index is 11.8. The molecule has 1 aromatic heterocycles. The van der Waals surface area contributed by atoms with Gasteiger partial charge in [0.2, 0.25) is 0 Å². The van der Waals surface area contributed by atoms with Gasteiger partial charge in [0.05, 0.1) is 10.0 Å². The number of hydrogen-bond donors (Lipinski definition) is 2. The van der Waals surface area contributed by atoms with Gasteiger partial charge in [-0.05, 0) is 30.7 Å². The van der Waals surface area contributed by atoms with Crippen molar-refractivity contribution >= 4 is 39.8 Å². The van der Waals surface area contributed by atoms with Crippen LogP contribution in [0.15, 0.2) is 30.3 Å². The highest BCUT2D eigenvalue weighted by atomic mass is 35.5. The van der Waals surface area contributed by atoms with Gasteiger partial charge in [-0.2, -0.15) is 0 Å². The molecule has 1 aromatic carbocycles. The quantitative estimate of drug-likeness (QED) is 0.883. The average Bonchev–Trinajstić information content (AvgIpc) is 2.79. The van der Waals surface area contributed by atoms with Gasteiger partial charge in [0.1, 0.15) is 10.6 Å². The lowest BCUT2D eigenvalue weighted by atomic mass is 10.3. The summed E-state index contributed by atoms with van der Waals surface area (Å²) in [6.07, 6.45) is 0. The van der Waals surface area contributed by atoms with Crippen LogP contribution in [0.4, 0.5) is 5.00 Å². The molecule has 7 heteroatoms. The van der Waals surface area contributed by atoms with Crippen molar-refractivity contribution in [1.29, 1.82) is 0 Å². The minimum Gasteiger partial charge on any atom is -0.482 e. The zero-order valence-electron chi connectivity index (χ0n) is 11.1. The molecule has 110 valence electrons. The third kappa shape index (κ3) is 3.96. The van der Waals surface area contributed by atoms with Gasteiger partial charge in [0.25, 0.3) is 5.91 Å². The average molecular weight is 326 g/mol. The lowest BCUT2D eigenvalue weighted by molar-refractivity contribution is -0.118. The molecular weight excluding hydrogens is 314 g/mol. The normalized spacial score (nSPS) is 10.2. The van der Waals surface area contributed by atoms with Crippen molar-refractivity contribution in [3.05, 3.63) is 45.8 Å². The molecule has 0 spiro atoms. The number of benzene rings is 1. The fourth-order valence-corrected chi connectivity index (χ4v) is 2.75. The van der Waals surface area contributed by atoms with Crippen molar-refractivity contribution in [2.45, 2.75) is 6.92 Å². The van der Waals surface area contributed by atoms with Gasteiger partial charge in [-0.25, -0.2) is 4.79 Å². The molecule has 0 bridgehead atoms. The Morgan fingerprint density at radius 3 is 2.71 bits per heavy atom. The van der Waals surface area contributed by atoms with Crippen LogP contribution in [-0.2, 0) is 4.79 Å². The number of nitrogens with one attached hydrogen (secondary N) is 1. The summed E-state index contributed by atoms with van der Waals surface area (Å²) < 4.78 is 5.30. The number of carbonyl (C=O) groups is 2. The molecule has 2 rings (SSSR count). The van der Waals surface area contributed by atoms with E-state index in [1.165, 1.54) is 0 Å². The molecule has 1 heterocycles. The van der Waals surface area contributed by atoms with Crippen molar-refractivity contribution in [3.8, 4) is 5.75 Å². The predicted molar refractivity (Wildman–Crippen MR) is 81.6 cm³/mol. The third-order valence-electron chi connectivity index (χ3n) is 2.57. The van der Waals surface area contributed by atoms with Crippen molar-refractivity contribution in [3.63, 3.8) is 0 Å². The van der Waals surface area contributed by atoms with E-state index in [9.17, 15) is 9.59 Å². The van der Waals surface area contributed by atoms with Crippen LogP contribution < -0.4 is 10.1 Å². The lowest BCUT2D eigenvalue weighted by Gasteiger charge is -2.07. The molecule has 21 heavy (non-hydrogen) atoms. The molecular formula is C14H12ClNO4S. The molecule has 0 aliphatic rings. The Balaban J connectivity index is 1.95. The summed E-state index contributed by atoms with van der Waals surface area (Å²) in [6.45, 7) is 1.47. The van der Waals surface area contributed by atoms with Crippen LogP contribution in [-0.4, -0.2) is 23.6 Å². The number of hydrogen-bond acceptors (Lipinski definition) is 4. The molecule has 0 saturated heterocycles. The highest BCUT2D eigenvalue weighted by Gasteiger charge is 2.14. The van der Waals surface area contributed by atoms with E-state index in [0.29, 0.717) is 21.3 Å². The summed E-state index contributed by atoms with van der Waals surface area (Å²) in [5, 5.41) is 12.4. The second-order valence-corrected chi connectivity index (χ2v) is 5.65. The first-order valence-corrected chi connectivity index (χ1v) is 7.17. The minimum absolute atomic E-state index is 0.205. The van der Waals surface area contributed by atoms with Crippen LogP contribution in [0.5, 0.6) is 5.75 Å². The zero-order valence-corrected chi connectivity index (χ0v) is 12.6. The van der Waals surface area contributed by atoms with Gasteiger partial charge in [-0.1, -0.05) is 23.7 Å². The summed E-state index contributed by atoms with van der Waals surface area (Å²) >= 11 is 6.91. The van der Waals surface area contributed by atoms with E-state index < -0.39 is 5.97 Å². The van der Waals surface area contributed by atoms with Crippen molar-refractivity contribution in [2.75, 3.05) is 11.9 Å². The molecule has 2 aromatic rings. The third-order valence-corrected chi connectivity index (χ3v) is 4.02. The first kappa shape index (κ1) is 15.3. The second kappa shape index (κ2) is 6.60. The number of halogens is 1. The molecule has 0 radical (unpaired) electrons. The largest absolute Gasteiger partial charge is 0.482 e. The van der Waals surface area contributed by atoms with Crippen molar-refractivity contribution in [1.82, 2.24) is 0 Å². The molecule has 2 N–H and O–H groups in total. The van der Waals surface area contributed by atoms with E-state index in [2.05, 4.69) is 5.32 Å². The molecule has 1 amide bonds. The van der Waals surface area contributed by atoms with E-state index in [-0.39, 0.29) is 17.4 Å². The smallest absolute Gasteiger partial charge is 0.346 e. The number of carbonyl (C=O) groups excluding carboxylic acids is 1. The molecule has 0 atom stereocenters. The van der Waals surface area contributed by atoms with Crippen LogP contribution >= 0.6 is 22.9 Å². The molecule has 5 nitrogen and oxygen atoms in total. The Labute approximate surface area is 130 Å². The van der Waals surface area contributed by atoms with Crippen LogP contribution in [0.25, 0.3) is 0 Å². The highest BCUT2D eigenvalue weighted by molar-refractivity contribution is 7.18. The summed E-state index contributed by atoms with van der Waals surface area (Å²) in [5.41, 5.74) is 0.606. The first-order chi connectivity index (χ1) is 9.97. The summed E-state index contributed by atoms with van der Waals surface area (Å²) in [5.74, 6) is -0.971. The molecule has 0 unspecified atom stereocenters. The van der Waals surface area contributed by atoms with Gasteiger partial charge in [0.15, 0.2) is 6.61 Å². The lowest BCUT2D eigenvalue weighted by Crippen LogP contribution is -2.19. The van der Waals surface area contributed by atoms with E-state index >= 15 is 0 Å². The number of ether oxygens (including phenoxy) is 1. The fraction of sp³-hybridized carbons (Fsp3) is 0.143. The second-order valence-electron chi connectivity index (χ2n) is 4.20. The monoisotopic (exact) mass is 325 g/mol. The SMILES string of the molecule is Cc1cc(NC(=O)COc2ccccc2Cl)sc1C(=O)O. The minimum atomic E-state index is -1.01. The van der Waals surface area contributed by atoms with Crippen LogP contribution in [0.2, 0.25) is 5.02 Å². The van der Waals surface area contributed by atoms with Gasteiger partial charge in [-0.3, -0.25) is 4.79 Å². The van der Waals surface area contributed by atoms with Gasteiger partial charge < -0.3 is 15.2 Å². The molecule has 0 saturated carbocycles. The topological polar surface area (TPSA) is 75.6 Å². The van der Waals surface area contributed by atoms with E-state index in [4.69, 9.17) is 21.4 Å². The predicted octanol–water partition coefficient (Wildman–Crippen LogP) is 3.43. The maximum absolute atomic E-state index is 11.8. The Morgan fingerprint density at radius 1 is 1.38 bits per heavy atom. The number of carboxylic acid groups (broad SMARTS) is 1. The Kier molecular flexibility index (Phi) is 4.82. The van der Waals surface area contributed by atoms with E-state index in [1.54, 1.807) is 37.3 Å². The van der Waals surface area contributed by atoms with E-state index in [0.717, 1.165) is 11.3 Å². The standard InChI is InChI=1S/C14H12ClNO4S/c1-8-6-12(21-13(8)14(18)19)16-11(17)7-20-10-5-3-2-4-9(10)15/h2-6H,7H2,1H3,(H,16,17)(H,18,19). The van der Waals surface area contributed by atoms with Gasteiger partial charge in [0, 0.05) is 0 Å². The highest BCUT2D eigenvalue weighted by Crippen LogP contribution is 2.27. The molecule has 0 aliphatic carbocycles. The van der Waals surface area contributed by atoms with Crippen LogP contribution in [0.3, 0.4) is 0 Å².